The minimum atomic E-state index is -1.84. The van der Waals surface area contributed by atoms with Crippen molar-refractivity contribution in [1.82, 2.24) is 4.90 Å². The van der Waals surface area contributed by atoms with Crippen LogP contribution >= 0.6 is 0 Å². The van der Waals surface area contributed by atoms with Gasteiger partial charge in [0.05, 0.1) is 61.8 Å². The van der Waals surface area contributed by atoms with Gasteiger partial charge in [-0.1, -0.05) is 45.5 Å². The number of carbonyl (C=O) groups is 3. The second kappa shape index (κ2) is 17.4. The first kappa shape index (κ1) is 48.9. The molecule has 0 spiro atoms. The van der Waals surface area contributed by atoms with Crippen LogP contribution in [0.25, 0.3) is 0 Å². The van der Waals surface area contributed by atoms with Crippen molar-refractivity contribution in [3.8, 4) is 11.5 Å². The minimum absolute atomic E-state index is 0.0430. The van der Waals surface area contributed by atoms with Crippen LogP contribution in [0.3, 0.4) is 0 Å². The van der Waals surface area contributed by atoms with Crippen molar-refractivity contribution in [3.05, 3.63) is 83.5 Å². The van der Waals surface area contributed by atoms with Gasteiger partial charge < -0.3 is 58.0 Å². The number of carbonyl (C=O) groups excluding carboxylic acids is 3. The monoisotopic (exact) mass is 933 g/mol. The average Bonchev–Trinajstić information content (AvgIpc) is 3.76. The molecule has 8 rings (SSSR count). The lowest BCUT2D eigenvalue weighted by molar-refractivity contribution is -0.392. The Morgan fingerprint density at radius 3 is 2.27 bits per heavy atom. The van der Waals surface area contributed by atoms with Gasteiger partial charge in [-0.05, 0) is 95.4 Å². The normalized spacial score (nSPS) is 36.8. The van der Waals surface area contributed by atoms with Gasteiger partial charge in [-0.15, -0.1) is 0 Å². The standard InChI is InChI=1S/C51H67NO15/c1-13-36-63-34-23-35-51(58,25-61-35)40-42(66-44(54)28-17-15-14-16-18-28)50(48(8,9)57)24-33(27(4)37(50)38(53)41(64-36)49(34,40)10)62-45(55)39-31(21-26(2)3)52(46(56)67-47(5,6)7)43(65-39)30-20-19-29(59-11)22-32(30)60-12/h13-20,22,26,31,33-36,38-43,53,57-58H,1,21,23-25H2,2-12H3/t31-,33-,34-,35+,36?,38-,39+,40-,41-,42-,43?,49+,50-,51-/m0/s1. The number of aliphatic hydroxyl groups is 3. The number of amides is 1. The van der Waals surface area contributed by atoms with Gasteiger partial charge in [0.2, 0.25) is 0 Å². The van der Waals surface area contributed by atoms with Gasteiger partial charge in [0, 0.05) is 35.8 Å². The number of hydrogen-bond acceptors (Lipinski definition) is 15. The lowest BCUT2D eigenvalue weighted by Crippen LogP contribution is -2.79. The Morgan fingerprint density at radius 2 is 1.69 bits per heavy atom. The van der Waals surface area contributed by atoms with Crippen molar-refractivity contribution in [3.63, 3.8) is 0 Å². The number of ether oxygens (including phenoxy) is 9. The molecule has 5 fully saturated rings. The predicted octanol–water partition coefficient (Wildman–Crippen LogP) is 6.19. The molecule has 16 nitrogen and oxygen atoms in total. The first-order valence-corrected chi connectivity index (χ1v) is 23.2. The van der Waals surface area contributed by atoms with Crippen LogP contribution in [0.1, 0.15) is 104 Å². The van der Waals surface area contributed by atoms with Gasteiger partial charge in [-0.2, -0.15) is 0 Å². The van der Waals surface area contributed by atoms with Crippen LogP contribution in [-0.4, -0.2) is 131 Å². The zero-order valence-electron chi connectivity index (χ0n) is 40.3. The summed E-state index contributed by atoms with van der Waals surface area (Å²) >= 11 is 0. The highest BCUT2D eigenvalue weighted by molar-refractivity contribution is 5.89. The maximum atomic E-state index is 15.1. The number of fused-ring (bicyclic) bond motifs is 3. The first-order valence-electron chi connectivity index (χ1n) is 23.2. The number of esters is 2. The molecule has 2 aromatic rings. The summed E-state index contributed by atoms with van der Waals surface area (Å²) in [5.74, 6) is -1.83. The number of aliphatic hydroxyl groups excluding tert-OH is 1. The molecule has 16 heteroatoms. The molecule has 3 saturated heterocycles. The highest BCUT2D eigenvalue weighted by Crippen LogP contribution is 2.69. The molecule has 3 N–H and O–H groups in total. The van der Waals surface area contributed by atoms with E-state index in [-0.39, 0.29) is 36.5 Å². The number of nitrogens with zero attached hydrogens (tertiary/aromatic N) is 1. The molecule has 2 unspecified atom stereocenters. The van der Waals surface area contributed by atoms with E-state index in [0.29, 0.717) is 29.1 Å². The first-order chi connectivity index (χ1) is 31.4. The fourth-order valence-electron chi connectivity index (χ4n) is 12.1. The summed E-state index contributed by atoms with van der Waals surface area (Å²) < 4.78 is 56.2. The van der Waals surface area contributed by atoms with Gasteiger partial charge in [-0.3, -0.25) is 4.90 Å². The number of rotatable bonds is 11. The van der Waals surface area contributed by atoms with Crippen molar-refractivity contribution in [2.75, 3.05) is 20.8 Å². The zero-order chi connectivity index (χ0) is 48.8. The predicted molar refractivity (Wildman–Crippen MR) is 241 cm³/mol. The SMILES string of the molecule is C=CC1O[C@H]2C[C@H]3OC[C@@]3(O)[C@H]3[C@H](OC(=O)c4ccccc4)[C@]4(C(C)(C)O)C[C@H](OC(=O)[C@@H]5OC(c6ccc(OC)cc6OC)N(C(=O)OC(C)(C)C)[C@H]5CC(C)C)C(C)=C4[C@H](O)[C@H](O1)[C@]23C. The van der Waals surface area contributed by atoms with E-state index in [0.717, 1.165) is 0 Å². The van der Waals surface area contributed by atoms with Crippen LogP contribution in [-0.2, 0) is 38.0 Å². The van der Waals surface area contributed by atoms with Crippen molar-refractivity contribution in [2.45, 2.75) is 160 Å². The summed E-state index contributed by atoms with van der Waals surface area (Å²) in [4.78, 5) is 45.4. The van der Waals surface area contributed by atoms with Crippen molar-refractivity contribution in [1.29, 1.82) is 0 Å². The third-order valence-electron chi connectivity index (χ3n) is 15.1. The van der Waals surface area contributed by atoms with E-state index in [1.807, 2.05) is 20.8 Å². The number of hydrogen-bond donors (Lipinski definition) is 3. The number of benzene rings is 2. The molecule has 0 aromatic heterocycles. The van der Waals surface area contributed by atoms with Gasteiger partial charge in [-0.25, -0.2) is 14.4 Å². The van der Waals surface area contributed by atoms with Crippen LogP contribution in [0.4, 0.5) is 4.79 Å². The Hall–Kier alpha value is -4.55. The lowest BCUT2D eigenvalue weighted by Gasteiger charge is -2.66. The molecule has 2 aromatic carbocycles. The van der Waals surface area contributed by atoms with Crippen LogP contribution in [0, 0.1) is 22.7 Å². The topological polar surface area (TPSA) is 198 Å². The zero-order valence-corrected chi connectivity index (χ0v) is 40.3. The summed E-state index contributed by atoms with van der Waals surface area (Å²) in [7, 11) is 3.00. The summed E-state index contributed by atoms with van der Waals surface area (Å²) in [6.07, 6.45) is -9.00. The van der Waals surface area contributed by atoms with E-state index in [9.17, 15) is 24.9 Å². The van der Waals surface area contributed by atoms with Gasteiger partial charge in [0.1, 0.15) is 41.0 Å². The van der Waals surface area contributed by atoms with E-state index < -0.39 is 113 Å². The molecule has 6 aliphatic rings. The summed E-state index contributed by atoms with van der Waals surface area (Å²) in [6.45, 7) is 19.7. The van der Waals surface area contributed by atoms with Crippen LogP contribution < -0.4 is 9.47 Å². The number of methoxy groups -OCH3 is 2. The quantitative estimate of drug-likeness (QED) is 0.131. The summed E-state index contributed by atoms with van der Waals surface area (Å²) in [5.41, 5.74) is -6.09. The van der Waals surface area contributed by atoms with Crippen LogP contribution in [0.15, 0.2) is 72.3 Å². The Labute approximate surface area is 392 Å². The van der Waals surface area contributed by atoms with Gasteiger partial charge >= 0.3 is 18.0 Å². The molecule has 3 heterocycles. The average molecular weight is 934 g/mol. The highest BCUT2D eigenvalue weighted by Gasteiger charge is 2.79. The summed E-state index contributed by atoms with van der Waals surface area (Å²) in [5, 5.41) is 38.8. The molecule has 3 aliphatic carbocycles. The Kier molecular flexibility index (Phi) is 12.7. The van der Waals surface area contributed by atoms with Crippen LogP contribution in [0.5, 0.6) is 11.5 Å². The maximum absolute atomic E-state index is 15.1. The molecule has 366 valence electrons. The van der Waals surface area contributed by atoms with Crippen molar-refractivity contribution >= 4 is 18.0 Å². The summed E-state index contributed by atoms with van der Waals surface area (Å²) in [6, 6.07) is 12.5. The molecular weight excluding hydrogens is 867 g/mol. The van der Waals surface area contributed by atoms with Crippen molar-refractivity contribution in [2.24, 2.45) is 22.7 Å². The van der Waals surface area contributed by atoms with E-state index in [1.54, 1.807) is 90.1 Å². The fraction of sp³-hybridized carbons (Fsp3) is 0.627. The Balaban J connectivity index is 1.26. The fourth-order valence-corrected chi connectivity index (χ4v) is 12.1. The van der Waals surface area contributed by atoms with E-state index in [2.05, 4.69) is 6.58 Å². The molecular formula is C51H67NO15. The largest absolute Gasteiger partial charge is 0.497 e. The third-order valence-corrected chi connectivity index (χ3v) is 15.1. The molecule has 14 atom stereocenters. The highest BCUT2D eigenvalue weighted by atomic mass is 16.7. The second-order valence-corrected chi connectivity index (χ2v) is 21.2. The Bertz CT molecular complexity index is 2270. The van der Waals surface area contributed by atoms with Gasteiger partial charge in [0.25, 0.3) is 0 Å². The molecule has 67 heavy (non-hydrogen) atoms. The van der Waals surface area contributed by atoms with Crippen molar-refractivity contribution < 1.29 is 72.3 Å². The van der Waals surface area contributed by atoms with Gasteiger partial charge in [0.15, 0.2) is 18.6 Å². The maximum Gasteiger partial charge on any atom is 0.413 e. The van der Waals surface area contributed by atoms with E-state index >= 15 is 4.79 Å². The lowest BCUT2D eigenvalue weighted by atomic mass is 9.49. The van der Waals surface area contributed by atoms with E-state index in [1.165, 1.54) is 25.2 Å². The molecule has 1 amide bonds. The third kappa shape index (κ3) is 7.93. The molecule has 0 bridgehead atoms. The molecule has 3 aliphatic heterocycles. The smallest absolute Gasteiger partial charge is 0.413 e. The second-order valence-electron chi connectivity index (χ2n) is 21.2. The van der Waals surface area contributed by atoms with Crippen LogP contribution in [0.2, 0.25) is 0 Å². The Morgan fingerprint density at radius 1 is 0.985 bits per heavy atom. The van der Waals surface area contributed by atoms with E-state index in [4.69, 9.17) is 42.6 Å². The minimum Gasteiger partial charge on any atom is -0.497 e. The molecule has 2 saturated carbocycles. The molecule has 0 radical (unpaired) electrons.